The first-order chi connectivity index (χ1) is 8.58. The number of methoxy groups -OCH3 is 1. The number of alkyl halides is 1. The van der Waals surface area contributed by atoms with Crippen molar-refractivity contribution < 1.29 is 4.74 Å². The Balaban J connectivity index is 2.89. The Morgan fingerprint density at radius 3 is 2.67 bits per heavy atom. The van der Waals surface area contributed by atoms with E-state index in [1.165, 1.54) is 0 Å². The molecular weight excluding hydrogens is 271 g/mol. The molecule has 102 valence electrons. The molecule has 0 amide bonds. The molecule has 0 spiro atoms. The number of anilines is 1. The fourth-order valence-electron chi connectivity index (χ4n) is 1.68. The summed E-state index contributed by atoms with van der Waals surface area (Å²) in [6.45, 7) is 6.77. The average Bonchev–Trinajstić information content (AvgIpc) is 2.34. The maximum absolute atomic E-state index is 6.02. The lowest BCUT2D eigenvalue weighted by Gasteiger charge is -2.25. The Labute approximate surface area is 119 Å². The summed E-state index contributed by atoms with van der Waals surface area (Å²) in [5.74, 6) is 1.78. The number of aromatic nitrogens is 1. The van der Waals surface area contributed by atoms with Crippen LogP contribution in [0.3, 0.4) is 0 Å². The van der Waals surface area contributed by atoms with Gasteiger partial charge in [-0.2, -0.15) is 0 Å². The van der Waals surface area contributed by atoms with Gasteiger partial charge >= 0.3 is 0 Å². The van der Waals surface area contributed by atoms with Gasteiger partial charge in [0, 0.05) is 20.2 Å². The number of nitrogens with zero attached hydrogens (tertiary/aromatic N) is 2. The molecule has 1 aromatic rings. The lowest BCUT2D eigenvalue weighted by Crippen LogP contribution is -2.31. The van der Waals surface area contributed by atoms with Crippen molar-refractivity contribution in [3.8, 4) is 0 Å². The van der Waals surface area contributed by atoms with Gasteiger partial charge in [0.25, 0.3) is 0 Å². The average molecular weight is 291 g/mol. The summed E-state index contributed by atoms with van der Waals surface area (Å²) in [5.41, 5.74) is 0.724. The summed E-state index contributed by atoms with van der Waals surface area (Å²) in [4.78, 5) is 6.70. The standard InChI is InChI=1S/C13H20Cl2N2O/c1-10(2)9-17(6-7-18-3)13-5-4-11(15)12(8-14)16-13/h4-5,10H,6-9H2,1-3H3. The zero-order valence-electron chi connectivity index (χ0n) is 11.1. The predicted octanol–water partition coefficient (Wildman–Crippen LogP) is 3.58. The molecule has 0 N–H and O–H groups in total. The normalized spacial score (nSPS) is 11.0. The van der Waals surface area contributed by atoms with Crippen molar-refractivity contribution in [2.24, 2.45) is 5.92 Å². The highest BCUT2D eigenvalue weighted by Gasteiger charge is 2.11. The number of halogens is 2. The molecule has 0 bridgehead atoms. The third-order valence-electron chi connectivity index (χ3n) is 2.51. The van der Waals surface area contributed by atoms with Gasteiger partial charge in [0.05, 0.1) is 23.2 Å². The van der Waals surface area contributed by atoms with Gasteiger partial charge in [-0.05, 0) is 18.1 Å². The fourth-order valence-corrected chi connectivity index (χ4v) is 2.13. The Morgan fingerprint density at radius 2 is 2.11 bits per heavy atom. The fraction of sp³-hybridized carbons (Fsp3) is 0.615. The van der Waals surface area contributed by atoms with E-state index in [0.29, 0.717) is 23.4 Å². The van der Waals surface area contributed by atoms with Crippen molar-refractivity contribution in [1.82, 2.24) is 4.98 Å². The molecule has 0 aliphatic rings. The molecule has 0 aliphatic carbocycles. The van der Waals surface area contributed by atoms with E-state index in [0.717, 1.165) is 24.6 Å². The van der Waals surface area contributed by atoms with E-state index in [9.17, 15) is 0 Å². The number of rotatable bonds is 7. The van der Waals surface area contributed by atoms with E-state index in [4.69, 9.17) is 27.9 Å². The Kier molecular flexibility index (Phi) is 6.76. The van der Waals surface area contributed by atoms with E-state index < -0.39 is 0 Å². The molecule has 0 aromatic carbocycles. The van der Waals surface area contributed by atoms with Crippen LogP contribution in [-0.4, -0.2) is 31.8 Å². The Hall–Kier alpha value is -0.510. The second kappa shape index (κ2) is 7.82. The van der Waals surface area contributed by atoms with Gasteiger partial charge in [0.15, 0.2) is 0 Å². The van der Waals surface area contributed by atoms with Crippen LogP contribution in [0.25, 0.3) is 0 Å². The van der Waals surface area contributed by atoms with E-state index in [1.807, 2.05) is 12.1 Å². The molecule has 1 heterocycles. The summed E-state index contributed by atoms with van der Waals surface area (Å²) < 4.78 is 5.13. The van der Waals surface area contributed by atoms with Crippen LogP contribution in [0.4, 0.5) is 5.82 Å². The number of pyridine rings is 1. The predicted molar refractivity (Wildman–Crippen MR) is 77.7 cm³/mol. The van der Waals surface area contributed by atoms with Gasteiger partial charge in [-0.15, -0.1) is 11.6 Å². The number of ether oxygens (including phenoxy) is 1. The molecule has 0 atom stereocenters. The van der Waals surface area contributed by atoms with Crippen molar-refractivity contribution >= 4 is 29.0 Å². The second-order valence-electron chi connectivity index (χ2n) is 4.56. The summed E-state index contributed by atoms with van der Waals surface area (Å²) in [6, 6.07) is 3.78. The first-order valence-corrected chi connectivity index (χ1v) is 6.95. The topological polar surface area (TPSA) is 25.4 Å². The van der Waals surface area contributed by atoms with Gasteiger partial charge in [0.1, 0.15) is 5.82 Å². The van der Waals surface area contributed by atoms with Crippen LogP contribution in [-0.2, 0) is 10.6 Å². The van der Waals surface area contributed by atoms with Gasteiger partial charge in [0.2, 0.25) is 0 Å². The first kappa shape index (κ1) is 15.5. The van der Waals surface area contributed by atoms with Crippen molar-refractivity contribution in [1.29, 1.82) is 0 Å². The summed E-state index contributed by atoms with van der Waals surface area (Å²) >= 11 is 11.8. The van der Waals surface area contributed by atoms with Crippen LogP contribution in [0.15, 0.2) is 12.1 Å². The minimum absolute atomic E-state index is 0.326. The maximum Gasteiger partial charge on any atom is 0.129 e. The second-order valence-corrected chi connectivity index (χ2v) is 5.24. The molecule has 1 rings (SSSR count). The molecule has 0 aliphatic heterocycles. The molecule has 0 saturated heterocycles. The van der Waals surface area contributed by atoms with Crippen LogP contribution in [0, 0.1) is 5.92 Å². The largest absolute Gasteiger partial charge is 0.383 e. The number of hydrogen-bond donors (Lipinski definition) is 0. The van der Waals surface area contributed by atoms with Crippen LogP contribution in [0.2, 0.25) is 5.02 Å². The van der Waals surface area contributed by atoms with Crippen LogP contribution >= 0.6 is 23.2 Å². The monoisotopic (exact) mass is 290 g/mol. The molecule has 0 radical (unpaired) electrons. The van der Waals surface area contributed by atoms with Crippen LogP contribution < -0.4 is 4.90 Å². The summed E-state index contributed by atoms with van der Waals surface area (Å²) in [6.07, 6.45) is 0. The lowest BCUT2D eigenvalue weighted by molar-refractivity contribution is 0.204. The van der Waals surface area contributed by atoms with Crippen molar-refractivity contribution in [3.05, 3.63) is 22.8 Å². The molecular formula is C13H20Cl2N2O. The van der Waals surface area contributed by atoms with Crippen molar-refractivity contribution in [3.63, 3.8) is 0 Å². The molecule has 3 nitrogen and oxygen atoms in total. The minimum Gasteiger partial charge on any atom is -0.383 e. The van der Waals surface area contributed by atoms with E-state index >= 15 is 0 Å². The highest BCUT2D eigenvalue weighted by atomic mass is 35.5. The Morgan fingerprint density at radius 1 is 1.39 bits per heavy atom. The lowest BCUT2D eigenvalue weighted by atomic mass is 10.2. The third kappa shape index (κ3) is 4.63. The van der Waals surface area contributed by atoms with Gasteiger partial charge < -0.3 is 9.64 Å². The van der Waals surface area contributed by atoms with Gasteiger partial charge in [-0.1, -0.05) is 25.4 Å². The highest BCUT2D eigenvalue weighted by Crippen LogP contribution is 2.21. The highest BCUT2D eigenvalue weighted by molar-refractivity contribution is 6.32. The Bertz CT molecular complexity index is 372. The van der Waals surface area contributed by atoms with E-state index in [1.54, 1.807) is 7.11 Å². The van der Waals surface area contributed by atoms with Gasteiger partial charge in [-0.25, -0.2) is 4.98 Å². The smallest absolute Gasteiger partial charge is 0.129 e. The SMILES string of the molecule is COCCN(CC(C)C)c1ccc(Cl)c(CCl)n1. The first-order valence-electron chi connectivity index (χ1n) is 6.03. The van der Waals surface area contributed by atoms with E-state index in [2.05, 4.69) is 23.7 Å². The molecule has 1 aromatic heterocycles. The molecule has 0 fully saturated rings. The number of hydrogen-bond acceptors (Lipinski definition) is 3. The quantitative estimate of drug-likeness (QED) is 0.718. The van der Waals surface area contributed by atoms with E-state index in [-0.39, 0.29) is 0 Å². The zero-order valence-corrected chi connectivity index (χ0v) is 12.6. The van der Waals surface area contributed by atoms with Gasteiger partial charge in [-0.3, -0.25) is 0 Å². The van der Waals surface area contributed by atoms with Crippen LogP contribution in [0.5, 0.6) is 0 Å². The molecule has 5 heteroatoms. The summed E-state index contributed by atoms with van der Waals surface area (Å²) in [7, 11) is 1.70. The molecule has 18 heavy (non-hydrogen) atoms. The molecule has 0 saturated carbocycles. The van der Waals surface area contributed by atoms with Crippen molar-refractivity contribution in [2.75, 3.05) is 31.7 Å². The minimum atomic E-state index is 0.326. The zero-order chi connectivity index (χ0) is 13.5. The third-order valence-corrected chi connectivity index (χ3v) is 3.10. The van der Waals surface area contributed by atoms with Crippen LogP contribution in [0.1, 0.15) is 19.5 Å². The summed E-state index contributed by atoms with van der Waals surface area (Å²) in [5, 5.41) is 0.616. The molecule has 0 unspecified atom stereocenters. The maximum atomic E-state index is 6.02. The van der Waals surface area contributed by atoms with Crippen molar-refractivity contribution in [2.45, 2.75) is 19.7 Å².